The van der Waals surface area contributed by atoms with Crippen LogP contribution in [0.4, 0.5) is 4.79 Å². The van der Waals surface area contributed by atoms with Crippen LogP contribution in [0.5, 0.6) is 5.75 Å². The number of rotatable bonds is 3. The SMILES string of the molecule is CC(C)(Cc1ccc(O)cc1)OC(N)=O. The molecule has 1 aromatic carbocycles. The minimum absolute atomic E-state index is 0.215. The number of carbonyl (C=O) groups excluding carboxylic acids is 1. The van der Waals surface area contributed by atoms with Crippen molar-refractivity contribution in [2.45, 2.75) is 25.9 Å². The molecule has 0 aliphatic heterocycles. The van der Waals surface area contributed by atoms with E-state index in [1.807, 2.05) is 0 Å². The normalized spacial score (nSPS) is 11.1. The Bertz CT molecular complexity index is 343. The summed E-state index contributed by atoms with van der Waals surface area (Å²) < 4.78 is 4.95. The van der Waals surface area contributed by atoms with Gasteiger partial charge in [-0.3, -0.25) is 0 Å². The first-order valence-electron chi connectivity index (χ1n) is 4.65. The van der Waals surface area contributed by atoms with Crippen LogP contribution in [0.25, 0.3) is 0 Å². The van der Waals surface area contributed by atoms with Gasteiger partial charge in [-0.1, -0.05) is 12.1 Å². The minimum atomic E-state index is -0.779. The molecule has 4 heteroatoms. The summed E-state index contributed by atoms with van der Waals surface area (Å²) in [5.41, 5.74) is 5.29. The lowest BCUT2D eigenvalue weighted by atomic mass is 9.98. The Morgan fingerprint density at radius 3 is 2.40 bits per heavy atom. The summed E-state index contributed by atoms with van der Waals surface area (Å²) in [5, 5.41) is 9.10. The van der Waals surface area contributed by atoms with Gasteiger partial charge < -0.3 is 15.6 Å². The van der Waals surface area contributed by atoms with Crippen molar-refractivity contribution >= 4 is 6.09 Å². The van der Waals surface area contributed by atoms with Gasteiger partial charge in [0, 0.05) is 6.42 Å². The molecule has 0 heterocycles. The molecule has 3 N–H and O–H groups in total. The van der Waals surface area contributed by atoms with Crippen LogP contribution >= 0.6 is 0 Å². The first kappa shape index (κ1) is 11.4. The van der Waals surface area contributed by atoms with Crippen molar-refractivity contribution in [3.63, 3.8) is 0 Å². The van der Waals surface area contributed by atoms with E-state index in [0.717, 1.165) is 5.56 Å². The molecule has 1 amide bonds. The minimum Gasteiger partial charge on any atom is -0.508 e. The number of aromatic hydroxyl groups is 1. The zero-order chi connectivity index (χ0) is 11.5. The van der Waals surface area contributed by atoms with Gasteiger partial charge in [0.25, 0.3) is 0 Å². The third-order valence-corrected chi connectivity index (χ3v) is 1.94. The molecule has 0 atom stereocenters. The Labute approximate surface area is 88.7 Å². The summed E-state index contributed by atoms with van der Waals surface area (Å²) in [7, 11) is 0. The van der Waals surface area contributed by atoms with Crippen LogP contribution in [-0.4, -0.2) is 16.8 Å². The van der Waals surface area contributed by atoms with Gasteiger partial charge in [0.15, 0.2) is 0 Å². The van der Waals surface area contributed by atoms with Gasteiger partial charge >= 0.3 is 6.09 Å². The first-order chi connectivity index (χ1) is 6.89. The summed E-state index contributed by atoms with van der Waals surface area (Å²) >= 11 is 0. The Hall–Kier alpha value is -1.71. The van der Waals surface area contributed by atoms with Crippen LogP contribution in [0.1, 0.15) is 19.4 Å². The fourth-order valence-corrected chi connectivity index (χ4v) is 1.41. The fourth-order valence-electron chi connectivity index (χ4n) is 1.41. The lowest BCUT2D eigenvalue weighted by Crippen LogP contribution is -2.33. The largest absolute Gasteiger partial charge is 0.508 e. The average Bonchev–Trinajstić information content (AvgIpc) is 2.06. The van der Waals surface area contributed by atoms with Crippen molar-refractivity contribution in [3.05, 3.63) is 29.8 Å². The summed E-state index contributed by atoms with van der Waals surface area (Å²) in [6.45, 7) is 3.56. The highest BCUT2D eigenvalue weighted by Crippen LogP contribution is 2.18. The van der Waals surface area contributed by atoms with Crippen LogP contribution in [-0.2, 0) is 11.2 Å². The van der Waals surface area contributed by atoms with E-state index in [2.05, 4.69) is 0 Å². The van der Waals surface area contributed by atoms with Crippen LogP contribution < -0.4 is 5.73 Å². The van der Waals surface area contributed by atoms with E-state index in [0.29, 0.717) is 6.42 Å². The summed E-state index contributed by atoms with van der Waals surface area (Å²) in [5.74, 6) is 0.215. The number of phenolic OH excluding ortho intramolecular Hbond substituents is 1. The number of ether oxygens (including phenoxy) is 1. The highest BCUT2D eigenvalue weighted by atomic mass is 16.6. The second kappa shape index (κ2) is 4.21. The van der Waals surface area contributed by atoms with Gasteiger partial charge in [0.1, 0.15) is 11.4 Å². The van der Waals surface area contributed by atoms with Gasteiger partial charge in [0.2, 0.25) is 0 Å². The van der Waals surface area contributed by atoms with E-state index in [1.54, 1.807) is 38.1 Å². The van der Waals surface area contributed by atoms with Gasteiger partial charge in [0.05, 0.1) is 0 Å². The lowest BCUT2D eigenvalue weighted by molar-refractivity contribution is 0.0460. The Balaban J connectivity index is 2.68. The van der Waals surface area contributed by atoms with Crippen LogP contribution in [0.3, 0.4) is 0 Å². The fraction of sp³-hybridized carbons (Fsp3) is 0.364. The second-order valence-corrected chi connectivity index (χ2v) is 4.02. The van der Waals surface area contributed by atoms with Crippen molar-refractivity contribution < 1.29 is 14.6 Å². The van der Waals surface area contributed by atoms with Crippen molar-refractivity contribution in [3.8, 4) is 5.75 Å². The molecular weight excluding hydrogens is 194 g/mol. The predicted molar refractivity (Wildman–Crippen MR) is 56.6 cm³/mol. The number of hydrogen-bond donors (Lipinski definition) is 2. The van der Waals surface area contributed by atoms with Crippen LogP contribution in [0.2, 0.25) is 0 Å². The van der Waals surface area contributed by atoms with Crippen molar-refractivity contribution in [1.29, 1.82) is 0 Å². The molecule has 0 unspecified atom stereocenters. The Morgan fingerprint density at radius 1 is 1.40 bits per heavy atom. The molecule has 0 saturated heterocycles. The molecule has 0 bridgehead atoms. The Kier molecular flexibility index (Phi) is 3.19. The molecule has 0 aliphatic rings. The standard InChI is InChI=1S/C11H15NO3/c1-11(2,15-10(12)14)7-8-3-5-9(13)6-4-8/h3-6,13H,7H2,1-2H3,(H2,12,14). The van der Waals surface area contributed by atoms with Crippen molar-refractivity contribution in [1.82, 2.24) is 0 Å². The number of phenols is 1. The zero-order valence-electron chi connectivity index (χ0n) is 8.86. The van der Waals surface area contributed by atoms with Gasteiger partial charge in [-0.05, 0) is 31.5 Å². The van der Waals surface area contributed by atoms with E-state index < -0.39 is 11.7 Å². The molecule has 1 aromatic rings. The van der Waals surface area contributed by atoms with Gasteiger partial charge in [-0.25, -0.2) is 4.79 Å². The van der Waals surface area contributed by atoms with E-state index in [9.17, 15) is 4.79 Å². The van der Waals surface area contributed by atoms with Crippen molar-refractivity contribution in [2.24, 2.45) is 5.73 Å². The number of benzene rings is 1. The second-order valence-electron chi connectivity index (χ2n) is 4.02. The first-order valence-corrected chi connectivity index (χ1v) is 4.65. The maximum atomic E-state index is 10.6. The van der Waals surface area contributed by atoms with E-state index in [-0.39, 0.29) is 5.75 Å². The highest BCUT2D eigenvalue weighted by Gasteiger charge is 2.21. The van der Waals surface area contributed by atoms with E-state index >= 15 is 0 Å². The van der Waals surface area contributed by atoms with Gasteiger partial charge in [-0.2, -0.15) is 0 Å². The molecule has 0 radical (unpaired) electrons. The summed E-state index contributed by atoms with van der Waals surface area (Å²) in [4.78, 5) is 10.6. The predicted octanol–water partition coefficient (Wildman–Crippen LogP) is 1.81. The van der Waals surface area contributed by atoms with Crippen molar-refractivity contribution in [2.75, 3.05) is 0 Å². The molecule has 1 rings (SSSR count). The average molecular weight is 209 g/mol. The molecule has 82 valence electrons. The van der Waals surface area contributed by atoms with Gasteiger partial charge in [-0.15, -0.1) is 0 Å². The monoisotopic (exact) mass is 209 g/mol. The topological polar surface area (TPSA) is 72.6 Å². The number of amides is 1. The third-order valence-electron chi connectivity index (χ3n) is 1.94. The van der Waals surface area contributed by atoms with Crippen LogP contribution in [0, 0.1) is 0 Å². The maximum absolute atomic E-state index is 10.6. The quantitative estimate of drug-likeness (QED) is 0.797. The highest BCUT2D eigenvalue weighted by molar-refractivity contribution is 5.65. The molecule has 0 fully saturated rings. The zero-order valence-corrected chi connectivity index (χ0v) is 8.86. The number of nitrogens with two attached hydrogens (primary N) is 1. The molecule has 0 spiro atoms. The molecule has 4 nitrogen and oxygen atoms in total. The third kappa shape index (κ3) is 3.89. The molecule has 15 heavy (non-hydrogen) atoms. The van der Waals surface area contributed by atoms with E-state index in [1.165, 1.54) is 0 Å². The Morgan fingerprint density at radius 2 is 1.93 bits per heavy atom. The van der Waals surface area contributed by atoms with Crippen LogP contribution in [0.15, 0.2) is 24.3 Å². The smallest absolute Gasteiger partial charge is 0.405 e. The number of primary amides is 1. The number of carbonyl (C=O) groups is 1. The molecule has 0 saturated carbocycles. The summed E-state index contributed by atoms with van der Waals surface area (Å²) in [6.07, 6.45) is -0.227. The summed E-state index contributed by atoms with van der Waals surface area (Å²) in [6, 6.07) is 6.74. The van der Waals surface area contributed by atoms with E-state index in [4.69, 9.17) is 15.6 Å². The molecule has 0 aromatic heterocycles. The maximum Gasteiger partial charge on any atom is 0.405 e. The molecular formula is C11H15NO3. The number of hydrogen-bond acceptors (Lipinski definition) is 3. The molecule has 0 aliphatic carbocycles. The lowest BCUT2D eigenvalue weighted by Gasteiger charge is -2.23.